The van der Waals surface area contributed by atoms with Gasteiger partial charge in [0.1, 0.15) is 5.82 Å². The molecule has 2 aromatic carbocycles. The number of halogens is 2. The number of carbonyl (C=O) groups is 1. The topological polar surface area (TPSA) is 41.6 Å². The molecular weight excluding hydrogens is 343 g/mol. The molecule has 6 heteroatoms. The number of benzene rings is 2. The molecule has 0 aromatic heterocycles. The molecule has 0 radical (unpaired) electrons. The Morgan fingerprint density at radius 2 is 1.96 bits per heavy atom. The van der Waals surface area contributed by atoms with Gasteiger partial charge in [-0.15, -0.1) is 0 Å². The van der Waals surface area contributed by atoms with Crippen molar-refractivity contribution in [3.05, 3.63) is 70.5 Å². The SMILES string of the molecule is O=C(NCC(c1cccc(F)c1)N1CCOCC1)c1cccc(Cl)c1. The van der Waals surface area contributed by atoms with Crippen molar-refractivity contribution in [2.24, 2.45) is 0 Å². The van der Waals surface area contributed by atoms with E-state index in [0.717, 1.165) is 18.7 Å². The summed E-state index contributed by atoms with van der Waals surface area (Å²) in [6.07, 6.45) is 0. The molecule has 132 valence electrons. The number of hydrogen-bond donors (Lipinski definition) is 1. The fraction of sp³-hybridized carbons (Fsp3) is 0.316. The van der Waals surface area contributed by atoms with Gasteiger partial charge in [-0.1, -0.05) is 29.8 Å². The first-order valence-electron chi connectivity index (χ1n) is 8.24. The van der Waals surface area contributed by atoms with Crippen LogP contribution in [-0.4, -0.2) is 43.7 Å². The Morgan fingerprint density at radius 3 is 2.68 bits per heavy atom. The van der Waals surface area contributed by atoms with Crippen LogP contribution in [-0.2, 0) is 4.74 Å². The van der Waals surface area contributed by atoms with Gasteiger partial charge in [-0.3, -0.25) is 9.69 Å². The molecular formula is C19H20ClFN2O2. The van der Waals surface area contributed by atoms with Crippen molar-refractivity contribution < 1.29 is 13.9 Å². The van der Waals surface area contributed by atoms with E-state index in [1.165, 1.54) is 12.1 Å². The third kappa shape index (κ3) is 4.78. The molecule has 2 aromatic rings. The smallest absolute Gasteiger partial charge is 0.251 e. The monoisotopic (exact) mass is 362 g/mol. The minimum atomic E-state index is -0.281. The third-order valence-electron chi connectivity index (χ3n) is 4.26. The molecule has 1 saturated heterocycles. The van der Waals surface area contributed by atoms with Crippen LogP contribution in [0, 0.1) is 5.82 Å². The van der Waals surface area contributed by atoms with Crippen molar-refractivity contribution >= 4 is 17.5 Å². The van der Waals surface area contributed by atoms with Crippen LogP contribution in [0.4, 0.5) is 4.39 Å². The molecule has 0 saturated carbocycles. The number of nitrogens with zero attached hydrogens (tertiary/aromatic N) is 1. The zero-order chi connectivity index (χ0) is 17.6. The quantitative estimate of drug-likeness (QED) is 0.887. The average Bonchev–Trinajstić information content (AvgIpc) is 2.63. The molecule has 1 unspecified atom stereocenters. The second kappa shape index (κ2) is 8.43. The van der Waals surface area contributed by atoms with Gasteiger partial charge in [0.15, 0.2) is 0 Å². The molecule has 1 N–H and O–H groups in total. The van der Waals surface area contributed by atoms with E-state index < -0.39 is 0 Å². The molecule has 0 aliphatic carbocycles. The second-order valence-electron chi connectivity index (χ2n) is 5.94. The Morgan fingerprint density at radius 1 is 1.20 bits per heavy atom. The van der Waals surface area contributed by atoms with E-state index in [2.05, 4.69) is 10.2 Å². The first kappa shape index (κ1) is 17.9. The normalized spacial score (nSPS) is 16.4. The molecule has 1 aliphatic rings. The van der Waals surface area contributed by atoms with Crippen LogP contribution >= 0.6 is 11.6 Å². The number of nitrogens with one attached hydrogen (secondary N) is 1. The fourth-order valence-corrected chi connectivity index (χ4v) is 3.17. The van der Waals surface area contributed by atoms with Crippen molar-refractivity contribution in [3.8, 4) is 0 Å². The van der Waals surface area contributed by atoms with Crippen LogP contribution in [0.3, 0.4) is 0 Å². The molecule has 3 rings (SSSR count). The minimum Gasteiger partial charge on any atom is -0.379 e. The van der Waals surface area contributed by atoms with Crippen molar-refractivity contribution in [1.29, 1.82) is 0 Å². The molecule has 0 bridgehead atoms. The maximum absolute atomic E-state index is 13.7. The Hall–Kier alpha value is -1.95. The number of carbonyl (C=O) groups excluding carboxylic acids is 1. The van der Waals surface area contributed by atoms with E-state index in [0.29, 0.717) is 30.3 Å². The van der Waals surface area contributed by atoms with E-state index in [-0.39, 0.29) is 17.8 Å². The van der Waals surface area contributed by atoms with Crippen LogP contribution in [0.15, 0.2) is 48.5 Å². The standard InChI is InChI=1S/C19H20ClFN2O2/c20-16-5-1-4-15(11-16)19(24)22-13-18(23-7-9-25-10-8-23)14-3-2-6-17(21)12-14/h1-6,11-12,18H,7-10,13H2,(H,22,24). The Labute approximate surface area is 151 Å². The predicted octanol–water partition coefficient (Wildman–Crippen LogP) is 3.28. The lowest BCUT2D eigenvalue weighted by Crippen LogP contribution is -2.43. The summed E-state index contributed by atoms with van der Waals surface area (Å²) in [6, 6.07) is 13.2. The molecule has 1 fully saturated rings. The van der Waals surface area contributed by atoms with Gasteiger partial charge in [-0.05, 0) is 35.9 Å². The van der Waals surface area contributed by atoms with Gasteiger partial charge < -0.3 is 10.1 Å². The van der Waals surface area contributed by atoms with Crippen molar-refractivity contribution in [1.82, 2.24) is 10.2 Å². The number of hydrogen-bond acceptors (Lipinski definition) is 3. The van der Waals surface area contributed by atoms with Crippen LogP contribution in [0.2, 0.25) is 5.02 Å². The van der Waals surface area contributed by atoms with E-state index in [9.17, 15) is 9.18 Å². The van der Waals surface area contributed by atoms with Crippen molar-refractivity contribution in [2.45, 2.75) is 6.04 Å². The molecule has 0 spiro atoms. The molecule has 1 heterocycles. The molecule has 1 aliphatic heterocycles. The van der Waals surface area contributed by atoms with Crippen molar-refractivity contribution in [2.75, 3.05) is 32.8 Å². The minimum absolute atomic E-state index is 0.109. The van der Waals surface area contributed by atoms with Gasteiger partial charge >= 0.3 is 0 Å². The molecule has 1 amide bonds. The number of morpholine rings is 1. The molecule has 4 nitrogen and oxygen atoms in total. The highest BCUT2D eigenvalue weighted by molar-refractivity contribution is 6.30. The van der Waals surface area contributed by atoms with E-state index >= 15 is 0 Å². The maximum atomic E-state index is 13.7. The highest BCUT2D eigenvalue weighted by Gasteiger charge is 2.23. The van der Waals surface area contributed by atoms with Gasteiger partial charge in [0.05, 0.1) is 19.3 Å². The first-order chi connectivity index (χ1) is 12.1. The van der Waals surface area contributed by atoms with E-state index in [1.54, 1.807) is 30.3 Å². The first-order valence-corrected chi connectivity index (χ1v) is 8.62. The summed E-state index contributed by atoms with van der Waals surface area (Å²) >= 11 is 5.94. The lowest BCUT2D eigenvalue weighted by atomic mass is 10.0. The summed E-state index contributed by atoms with van der Waals surface area (Å²) < 4.78 is 19.1. The van der Waals surface area contributed by atoms with Crippen molar-refractivity contribution in [3.63, 3.8) is 0 Å². The summed E-state index contributed by atoms with van der Waals surface area (Å²) in [5.74, 6) is -0.478. The molecule has 1 atom stereocenters. The van der Waals surface area contributed by atoms with Crippen LogP contribution in [0.25, 0.3) is 0 Å². The van der Waals surface area contributed by atoms with Crippen LogP contribution < -0.4 is 5.32 Å². The van der Waals surface area contributed by atoms with Gasteiger partial charge in [0, 0.05) is 30.2 Å². The Kier molecular flexibility index (Phi) is 6.02. The zero-order valence-electron chi connectivity index (χ0n) is 13.8. The van der Waals surface area contributed by atoms with Crippen LogP contribution in [0.1, 0.15) is 22.0 Å². The predicted molar refractivity (Wildman–Crippen MR) is 95.3 cm³/mol. The third-order valence-corrected chi connectivity index (χ3v) is 4.50. The molecule has 25 heavy (non-hydrogen) atoms. The number of amides is 1. The highest BCUT2D eigenvalue weighted by atomic mass is 35.5. The summed E-state index contributed by atoms with van der Waals surface area (Å²) in [5, 5.41) is 3.46. The Bertz CT molecular complexity index is 735. The summed E-state index contributed by atoms with van der Waals surface area (Å²) in [5.41, 5.74) is 1.35. The van der Waals surface area contributed by atoms with Gasteiger partial charge in [-0.2, -0.15) is 0 Å². The van der Waals surface area contributed by atoms with Crippen LogP contribution in [0.5, 0.6) is 0 Å². The maximum Gasteiger partial charge on any atom is 0.251 e. The average molecular weight is 363 g/mol. The van der Waals surface area contributed by atoms with Gasteiger partial charge in [-0.25, -0.2) is 4.39 Å². The summed E-state index contributed by atoms with van der Waals surface area (Å²) in [6.45, 7) is 3.14. The fourth-order valence-electron chi connectivity index (χ4n) is 2.98. The summed E-state index contributed by atoms with van der Waals surface area (Å²) in [4.78, 5) is 14.6. The van der Waals surface area contributed by atoms with Gasteiger partial charge in [0.2, 0.25) is 0 Å². The van der Waals surface area contributed by atoms with E-state index in [4.69, 9.17) is 16.3 Å². The van der Waals surface area contributed by atoms with E-state index in [1.807, 2.05) is 6.07 Å². The van der Waals surface area contributed by atoms with Gasteiger partial charge in [0.25, 0.3) is 5.91 Å². The second-order valence-corrected chi connectivity index (χ2v) is 6.38. The largest absolute Gasteiger partial charge is 0.379 e. The Balaban J connectivity index is 1.74. The number of rotatable bonds is 5. The lowest BCUT2D eigenvalue weighted by molar-refractivity contribution is 0.0162. The lowest BCUT2D eigenvalue weighted by Gasteiger charge is -2.35. The summed E-state index contributed by atoms with van der Waals surface area (Å²) in [7, 11) is 0. The highest BCUT2D eigenvalue weighted by Crippen LogP contribution is 2.22. The zero-order valence-corrected chi connectivity index (χ0v) is 14.5. The number of ether oxygens (including phenoxy) is 1.